The molecule has 0 fully saturated rings. The molecule has 0 aliphatic carbocycles. The summed E-state index contributed by atoms with van der Waals surface area (Å²) < 4.78 is 35.4. The van der Waals surface area contributed by atoms with Gasteiger partial charge in [-0.2, -0.15) is 13.2 Å². The van der Waals surface area contributed by atoms with Crippen LogP contribution in [0.15, 0.2) is 0 Å². The number of aliphatic hydroxyl groups is 1. The lowest BCUT2D eigenvalue weighted by atomic mass is 10.2. The van der Waals surface area contributed by atoms with Gasteiger partial charge in [0.2, 0.25) is 5.91 Å². The average molecular weight is 259 g/mol. The fourth-order valence-corrected chi connectivity index (χ4v) is 1.73. The van der Waals surface area contributed by atoms with Gasteiger partial charge in [0.15, 0.2) is 0 Å². The molecule has 0 saturated carbocycles. The fourth-order valence-electron chi connectivity index (χ4n) is 0.768. The lowest BCUT2D eigenvalue weighted by Crippen LogP contribution is -2.38. The Labute approximate surface area is 96.8 Å². The van der Waals surface area contributed by atoms with Crippen LogP contribution in [0, 0.1) is 5.92 Å². The maximum atomic E-state index is 11.8. The minimum Gasteiger partial charge on any atom is -0.396 e. The summed E-state index contributed by atoms with van der Waals surface area (Å²) in [7, 11) is 0. The summed E-state index contributed by atoms with van der Waals surface area (Å²) in [5, 5.41) is 10.0. The number of rotatable bonds is 6. The van der Waals surface area contributed by atoms with Crippen LogP contribution < -0.4 is 5.32 Å². The molecule has 1 amide bonds. The number of hydrogen-bond donors (Lipinski definition) is 2. The maximum absolute atomic E-state index is 11.8. The molecule has 0 aliphatic rings. The summed E-state index contributed by atoms with van der Waals surface area (Å²) in [6, 6.07) is 0. The van der Waals surface area contributed by atoms with E-state index in [4.69, 9.17) is 5.11 Å². The molecule has 2 unspecified atom stereocenters. The molecule has 0 spiro atoms. The van der Waals surface area contributed by atoms with E-state index in [1.165, 1.54) is 11.8 Å². The van der Waals surface area contributed by atoms with Crippen LogP contribution in [-0.4, -0.2) is 41.3 Å². The van der Waals surface area contributed by atoms with E-state index < -0.39 is 23.9 Å². The van der Waals surface area contributed by atoms with E-state index >= 15 is 0 Å². The standard InChI is InChI=1S/C9H16F3NO2S/c1-6(3-14)4-16-7(2)8(15)13-5-9(10,11)12/h6-7,14H,3-5H2,1-2H3,(H,13,15). The van der Waals surface area contributed by atoms with Crippen molar-refractivity contribution in [3.8, 4) is 0 Å². The van der Waals surface area contributed by atoms with Crippen molar-refractivity contribution in [2.24, 2.45) is 5.92 Å². The van der Waals surface area contributed by atoms with E-state index in [1.807, 2.05) is 5.32 Å². The van der Waals surface area contributed by atoms with Crippen LogP contribution in [0.25, 0.3) is 0 Å². The third kappa shape index (κ3) is 7.81. The quantitative estimate of drug-likeness (QED) is 0.758. The highest BCUT2D eigenvalue weighted by Gasteiger charge is 2.28. The van der Waals surface area contributed by atoms with Gasteiger partial charge in [0.05, 0.1) is 5.25 Å². The minimum atomic E-state index is -4.38. The predicted octanol–water partition coefficient (Wildman–Crippen LogP) is 1.41. The molecule has 96 valence electrons. The molecular formula is C9H16F3NO2S. The van der Waals surface area contributed by atoms with Crippen molar-refractivity contribution in [1.82, 2.24) is 5.32 Å². The Kier molecular flexibility index (Phi) is 6.82. The summed E-state index contributed by atoms with van der Waals surface area (Å²) in [5.41, 5.74) is 0. The van der Waals surface area contributed by atoms with E-state index in [2.05, 4.69) is 0 Å². The molecule has 0 heterocycles. The van der Waals surface area contributed by atoms with Gasteiger partial charge in [-0.05, 0) is 18.6 Å². The Morgan fingerprint density at radius 1 is 1.44 bits per heavy atom. The molecule has 2 N–H and O–H groups in total. The van der Waals surface area contributed by atoms with E-state index in [-0.39, 0.29) is 12.5 Å². The Bertz CT molecular complexity index is 223. The molecule has 0 bridgehead atoms. The second-order valence-electron chi connectivity index (χ2n) is 3.60. The first-order valence-corrected chi connectivity index (χ1v) is 5.88. The van der Waals surface area contributed by atoms with Gasteiger partial charge in [-0.3, -0.25) is 4.79 Å². The third-order valence-corrected chi connectivity index (χ3v) is 3.25. The van der Waals surface area contributed by atoms with Crippen LogP contribution in [0.2, 0.25) is 0 Å². The van der Waals surface area contributed by atoms with E-state index in [0.29, 0.717) is 5.75 Å². The predicted molar refractivity (Wildman–Crippen MR) is 57.2 cm³/mol. The zero-order valence-corrected chi connectivity index (χ0v) is 9.99. The largest absolute Gasteiger partial charge is 0.405 e. The van der Waals surface area contributed by atoms with Crippen molar-refractivity contribution in [2.45, 2.75) is 25.3 Å². The van der Waals surface area contributed by atoms with Crippen LogP contribution in [0.4, 0.5) is 13.2 Å². The van der Waals surface area contributed by atoms with Gasteiger partial charge in [-0.25, -0.2) is 0 Å². The first-order valence-electron chi connectivity index (χ1n) is 4.83. The molecule has 2 atom stereocenters. The molecule has 0 radical (unpaired) electrons. The number of carbonyl (C=O) groups excluding carboxylic acids is 1. The number of halogens is 3. The van der Waals surface area contributed by atoms with Crippen LogP contribution >= 0.6 is 11.8 Å². The lowest BCUT2D eigenvalue weighted by molar-refractivity contribution is -0.137. The molecule has 16 heavy (non-hydrogen) atoms. The van der Waals surface area contributed by atoms with Crippen LogP contribution in [-0.2, 0) is 4.79 Å². The van der Waals surface area contributed by atoms with Crippen LogP contribution in [0.3, 0.4) is 0 Å². The van der Waals surface area contributed by atoms with Crippen LogP contribution in [0.5, 0.6) is 0 Å². The SMILES string of the molecule is CC(CO)CSC(C)C(=O)NCC(F)(F)F. The summed E-state index contributed by atoms with van der Waals surface area (Å²) in [6.45, 7) is 2.05. The Morgan fingerprint density at radius 2 is 2.00 bits per heavy atom. The lowest BCUT2D eigenvalue weighted by Gasteiger charge is -2.14. The van der Waals surface area contributed by atoms with Crippen molar-refractivity contribution in [1.29, 1.82) is 0 Å². The number of amides is 1. The number of carbonyl (C=O) groups is 1. The molecule has 0 aromatic rings. The van der Waals surface area contributed by atoms with E-state index in [1.54, 1.807) is 13.8 Å². The number of nitrogens with one attached hydrogen (secondary N) is 1. The zero-order valence-electron chi connectivity index (χ0n) is 9.17. The van der Waals surface area contributed by atoms with Gasteiger partial charge >= 0.3 is 6.18 Å². The molecule has 0 aromatic carbocycles. The van der Waals surface area contributed by atoms with Crippen molar-refractivity contribution in [2.75, 3.05) is 18.9 Å². The van der Waals surface area contributed by atoms with Crippen molar-refractivity contribution >= 4 is 17.7 Å². The summed E-state index contributed by atoms with van der Waals surface area (Å²) in [6.07, 6.45) is -4.38. The highest BCUT2D eigenvalue weighted by molar-refractivity contribution is 8.00. The molecule has 0 rings (SSSR count). The maximum Gasteiger partial charge on any atom is 0.405 e. The number of alkyl halides is 3. The Morgan fingerprint density at radius 3 is 2.44 bits per heavy atom. The average Bonchev–Trinajstić information content (AvgIpc) is 2.20. The monoisotopic (exact) mass is 259 g/mol. The summed E-state index contributed by atoms with van der Waals surface area (Å²) in [4.78, 5) is 11.2. The molecule has 7 heteroatoms. The number of hydrogen-bond acceptors (Lipinski definition) is 3. The molecule has 0 saturated heterocycles. The van der Waals surface area contributed by atoms with Gasteiger partial charge < -0.3 is 10.4 Å². The van der Waals surface area contributed by atoms with Gasteiger partial charge in [-0.1, -0.05) is 6.92 Å². The van der Waals surface area contributed by atoms with Crippen LogP contribution in [0.1, 0.15) is 13.8 Å². The van der Waals surface area contributed by atoms with E-state index in [0.717, 1.165) is 0 Å². The smallest absolute Gasteiger partial charge is 0.396 e. The van der Waals surface area contributed by atoms with Crippen molar-refractivity contribution in [3.63, 3.8) is 0 Å². The minimum absolute atomic E-state index is 0.00386. The number of aliphatic hydroxyl groups excluding tert-OH is 1. The second-order valence-corrected chi connectivity index (χ2v) is 4.97. The first kappa shape index (κ1) is 15.6. The van der Waals surface area contributed by atoms with Gasteiger partial charge in [0.1, 0.15) is 6.54 Å². The van der Waals surface area contributed by atoms with Gasteiger partial charge in [0, 0.05) is 6.61 Å². The van der Waals surface area contributed by atoms with Crippen molar-refractivity contribution in [3.05, 3.63) is 0 Å². The topological polar surface area (TPSA) is 49.3 Å². The molecule has 0 aliphatic heterocycles. The summed E-state index contributed by atoms with van der Waals surface area (Å²) in [5.74, 6) is -0.0628. The molecule has 0 aromatic heterocycles. The Balaban J connectivity index is 3.82. The number of thioether (sulfide) groups is 1. The van der Waals surface area contributed by atoms with E-state index in [9.17, 15) is 18.0 Å². The molecular weight excluding hydrogens is 243 g/mol. The van der Waals surface area contributed by atoms with Crippen molar-refractivity contribution < 1.29 is 23.1 Å². The summed E-state index contributed by atoms with van der Waals surface area (Å²) >= 11 is 1.23. The first-order chi connectivity index (χ1) is 7.26. The highest BCUT2D eigenvalue weighted by Crippen LogP contribution is 2.16. The van der Waals surface area contributed by atoms with Gasteiger partial charge in [0.25, 0.3) is 0 Å². The highest BCUT2D eigenvalue weighted by atomic mass is 32.2. The Hall–Kier alpha value is -0.430. The zero-order chi connectivity index (χ0) is 12.8. The van der Waals surface area contributed by atoms with Gasteiger partial charge in [-0.15, -0.1) is 11.8 Å². The fraction of sp³-hybridized carbons (Fsp3) is 0.889. The second kappa shape index (κ2) is 7.01. The third-order valence-electron chi connectivity index (χ3n) is 1.77. The molecule has 3 nitrogen and oxygen atoms in total. The normalized spacial score (nSPS) is 15.6.